The number of hydrogen-bond acceptors (Lipinski definition) is 4. The van der Waals surface area contributed by atoms with E-state index in [1.165, 1.54) is 6.07 Å². The van der Waals surface area contributed by atoms with Crippen LogP contribution in [-0.4, -0.2) is 48.6 Å². The smallest absolute Gasteiger partial charge is 0.338 e. The van der Waals surface area contributed by atoms with Crippen LogP contribution in [0.3, 0.4) is 0 Å². The van der Waals surface area contributed by atoms with E-state index in [1.807, 2.05) is 0 Å². The summed E-state index contributed by atoms with van der Waals surface area (Å²) >= 11 is 0. The lowest BCUT2D eigenvalue weighted by Gasteiger charge is -2.28. The van der Waals surface area contributed by atoms with Crippen LogP contribution >= 0.6 is 0 Å². The number of nitrogens with zero attached hydrogens (tertiary/aromatic N) is 1. The fourth-order valence-corrected chi connectivity index (χ4v) is 2.40. The summed E-state index contributed by atoms with van der Waals surface area (Å²) < 4.78 is 4.94. The second kappa shape index (κ2) is 6.56. The van der Waals surface area contributed by atoms with Crippen LogP contribution in [0.5, 0.6) is 0 Å². The van der Waals surface area contributed by atoms with Gasteiger partial charge in [-0.2, -0.15) is 0 Å². The summed E-state index contributed by atoms with van der Waals surface area (Å²) in [5.41, 5.74) is -0.00883. The van der Waals surface area contributed by atoms with Crippen LogP contribution in [0.1, 0.15) is 40.2 Å². The Morgan fingerprint density at radius 2 is 2.15 bits per heavy atom. The van der Waals surface area contributed by atoms with Gasteiger partial charge >= 0.3 is 5.97 Å². The molecule has 0 radical (unpaired) electrons. The molecule has 0 saturated carbocycles. The van der Waals surface area contributed by atoms with E-state index in [0.29, 0.717) is 12.5 Å². The average molecular weight is 280 g/mol. The Hall–Kier alpha value is -1.82. The number of rotatable bonds is 5. The van der Waals surface area contributed by atoms with E-state index < -0.39 is 5.97 Å². The third-order valence-electron chi connectivity index (χ3n) is 3.75. The van der Waals surface area contributed by atoms with Gasteiger partial charge in [-0.1, -0.05) is 0 Å². The number of amides is 1. The van der Waals surface area contributed by atoms with Crippen LogP contribution in [0.25, 0.3) is 0 Å². The van der Waals surface area contributed by atoms with Crippen LogP contribution < -0.4 is 5.32 Å². The molecule has 0 aromatic carbocycles. The first-order valence-corrected chi connectivity index (χ1v) is 6.85. The number of furan rings is 1. The Bertz CT molecular complexity index is 475. The number of carboxylic acid groups (broad SMARTS) is 1. The van der Waals surface area contributed by atoms with Gasteiger partial charge in [0.25, 0.3) is 5.91 Å². The molecule has 0 atom stereocenters. The largest absolute Gasteiger partial charge is 0.478 e. The van der Waals surface area contributed by atoms with Gasteiger partial charge in [0.1, 0.15) is 6.26 Å². The maximum atomic E-state index is 11.8. The van der Waals surface area contributed by atoms with Gasteiger partial charge in [-0.15, -0.1) is 0 Å². The summed E-state index contributed by atoms with van der Waals surface area (Å²) in [5.74, 6) is -0.756. The third kappa shape index (κ3) is 3.84. The van der Waals surface area contributed by atoms with E-state index >= 15 is 0 Å². The molecule has 0 unspecified atom stereocenters. The van der Waals surface area contributed by atoms with Crippen LogP contribution in [0, 0.1) is 5.92 Å². The summed E-state index contributed by atoms with van der Waals surface area (Å²) in [6, 6.07) is 1.24. The van der Waals surface area contributed by atoms with Gasteiger partial charge in [0.15, 0.2) is 5.76 Å². The lowest BCUT2D eigenvalue weighted by molar-refractivity contribution is 0.0696. The first-order valence-electron chi connectivity index (χ1n) is 6.85. The maximum absolute atomic E-state index is 11.8. The van der Waals surface area contributed by atoms with Gasteiger partial charge in [0.2, 0.25) is 0 Å². The molecular weight excluding hydrogens is 260 g/mol. The van der Waals surface area contributed by atoms with Gasteiger partial charge in [-0.25, -0.2) is 4.79 Å². The first kappa shape index (κ1) is 14.6. The Kier molecular flexibility index (Phi) is 4.79. The van der Waals surface area contributed by atoms with Gasteiger partial charge in [-0.3, -0.25) is 4.79 Å². The number of carbonyl (C=O) groups excluding carboxylic acids is 1. The highest BCUT2D eigenvalue weighted by Crippen LogP contribution is 2.18. The number of likely N-dealkylation sites (tertiary alicyclic amines) is 1. The molecule has 6 heteroatoms. The molecular formula is C14H20N2O4. The number of piperidine rings is 1. The van der Waals surface area contributed by atoms with Crippen molar-refractivity contribution in [2.75, 3.05) is 26.7 Å². The number of aromatic carboxylic acids is 1. The summed E-state index contributed by atoms with van der Waals surface area (Å²) in [5, 5.41) is 11.5. The zero-order valence-corrected chi connectivity index (χ0v) is 11.6. The number of nitrogens with one attached hydrogen (secondary N) is 1. The molecule has 1 saturated heterocycles. The summed E-state index contributed by atoms with van der Waals surface area (Å²) in [4.78, 5) is 24.8. The van der Waals surface area contributed by atoms with E-state index in [1.54, 1.807) is 0 Å². The Morgan fingerprint density at radius 3 is 2.75 bits per heavy atom. The lowest BCUT2D eigenvalue weighted by atomic mass is 9.94. The van der Waals surface area contributed by atoms with Crippen molar-refractivity contribution in [3.8, 4) is 0 Å². The van der Waals surface area contributed by atoms with Crippen molar-refractivity contribution >= 4 is 11.9 Å². The van der Waals surface area contributed by atoms with Crippen molar-refractivity contribution < 1.29 is 19.1 Å². The fourth-order valence-electron chi connectivity index (χ4n) is 2.40. The topological polar surface area (TPSA) is 82.8 Å². The Labute approximate surface area is 117 Å². The molecule has 0 aliphatic carbocycles. The first-order chi connectivity index (χ1) is 9.56. The predicted octanol–water partition coefficient (Wildman–Crippen LogP) is 1.44. The molecule has 1 aromatic heterocycles. The monoisotopic (exact) mass is 280 g/mol. The standard InChI is InChI=1S/C14H20N2O4/c1-16-6-3-10(4-7-16)2-5-15-13(17)12-8-11(9-20-12)14(18)19/h8-10H,2-7H2,1H3,(H,15,17)(H,18,19). The second-order valence-electron chi connectivity index (χ2n) is 5.30. The van der Waals surface area contributed by atoms with Crippen molar-refractivity contribution in [2.45, 2.75) is 19.3 Å². The van der Waals surface area contributed by atoms with Crippen molar-refractivity contribution in [3.05, 3.63) is 23.7 Å². The summed E-state index contributed by atoms with van der Waals surface area (Å²) in [7, 11) is 2.12. The van der Waals surface area contributed by atoms with E-state index in [-0.39, 0.29) is 17.2 Å². The van der Waals surface area contributed by atoms with Crippen molar-refractivity contribution in [2.24, 2.45) is 5.92 Å². The minimum atomic E-state index is -1.10. The van der Waals surface area contributed by atoms with Crippen molar-refractivity contribution in [1.82, 2.24) is 10.2 Å². The highest BCUT2D eigenvalue weighted by atomic mass is 16.4. The minimum absolute atomic E-state index is 0.00883. The van der Waals surface area contributed by atoms with Crippen LogP contribution in [0.15, 0.2) is 16.7 Å². The van der Waals surface area contributed by atoms with Crippen LogP contribution in [0.2, 0.25) is 0 Å². The molecule has 1 aliphatic heterocycles. The maximum Gasteiger partial charge on any atom is 0.338 e. The average Bonchev–Trinajstić information content (AvgIpc) is 2.91. The molecule has 2 N–H and O–H groups in total. The van der Waals surface area contributed by atoms with Crippen LogP contribution in [0.4, 0.5) is 0 Å². The quantitative estimate of drug-likeness (QED) is 0.852. The molecule has 1 aliphatic rings. The third-order valence-corrected chi connectivity index (χ3v) is 3.75. The molecule has 110 valence electrons. The highest BCUT2D eigenvalue weighted by Gasteiger charge is 2.18. The van der Waals surface area contributed by atoms with E-state index in [2.05, 4.69) is 17.3 Å². The molecule has 1 aromatic rings. The van der Waals surface area contributed by atoms with Gasteiger partial charge in [-0.05, 0) is 45.3 Å². The van der Waals surface area contributed by atoms with Crippen molar-refractivity contribution in [3.63, 3.8) is 0 Å². The molecule has 2 heterocycles. The van der Waals surface area contributed by atoms with E-state index in [0.717, 1.165) is 38.6 Å². The zero-order chi connectivity index (χ0) is 14.5. The lowest BCUT2D eigenvalue weighted by Crippen LogP contribution is -2.32. The van der Waals surface area contributed by atoms with Crippen molar-refractivity contribution in [1.29, 1.82) is 0 Å². The van der Waals surface area contributed by atoms with E-state index in [9.17, 15) is 9.59 Å². The zero-order valence-electron chi connectivity index (χ0n) is 11.6. The molecule has 1 amide bonds. The normalized spacial score (nSPS) is 17.1. The Morgan fingerprint density at radius 1 is 1.45 bits per heavy atom. The molecule has 6 nitrogen and oxygen atoms in total. The SMILES string of the molecule is CN1CCC(CCNC(=O)c2cc(C(=O)O)co2)CC1. The second-order valence-corrected chi connectivity index (χ2v) is 5.30. The van der Waals surface area contributed by atoms with E-state index in [4.69, 9.17) is 9.52 Å². The molecule has 20 heavy (non-hydrogen) atoms. The summed E-state index contributed by atoms with van der Waals surface area (Å²) in [6.45, 7) is 2.81. The Balaban J connectivity index is 1.73. The summed E-state index contributed by atoms with van der Waals surface area (Å²) in [6.07, 6.45) is 4.35. The van der Waals surface area contributed by atoms with Gasteiger partial charge < -0.3 is 19.7 Å². The highest BCUT2D eigenvalue weighted by molar-refractivity contribution is 5.95. The van der Waals surface area contributed by atoms with Crippen LogP contribution in [-0.2, 0) is 0 Å². The number of carbonyl (C=O) groups is 2. The minimum Gasteiger partial charge on any atom is -0.478 e. The molecule has 1 fully saturated rings. The fraction of sp³-hybridized carbons (Fsp3) is 0.571. The predicted molar refractivity (Wildman–Crippen MR) is 72.8 cm³/mol. The molecule has 0 spiro atoms. The van der Waals surface area contributed by atoms with Gasteiger partial charge in [0, 0.05) is 12.6 Å². The molecule has 0 bridgehead atoms. The van der Waals surface area contributed by atoms with Gasteiger partial charge in [0.05, 0.1) is 5.56 Å². The number of hydrogen-bond donors (Lipinski definition) is 2. The molecule has 2 rings (SSSR count). The number of carboxylic acids is 1.